The van der Waals surface area contributed by atoms with E-state index >= 15 is 0 Å². The van der Waals surface area contributed by atoms with Crippen molar-refractivity contribution < 1.29 is 9.94 Å². The molecule has 1 aromatic heterocycles. The Morgan fingerprint density at radius 3 is 2.53 bits per heavy atom. The molecule has 0 aromatic carbocycles. The second-order valence-corrected chi connectivity index (χ2v) is 3.76. The largest absolute Gasteiger partial charge is 0.383 e. The summed E-state index contributed by atoms with van der Waals surface area (Å²) in [6, 6.07) is 1.64. The van der Waals surface area contributed by atoms with Gasteiger partial charge in [0.25, 0.3) is 0 Å². The molecule has 0 aliphatic carbocycles. The minimum Gasteiger partial charge on any atom is -0.382 e. The van der Waals surface area contributed by atoms with Gasteiger partial charge in [-0.2, -0.15) is 0 Å². The third kappa shape index (κ3) is 1.88. The van der Waals surface area contributed by atoms with Crippen LogP contribution >= 0.6 is 0 Å². The molecule has 2 heterocycles. The van der Waals surface area contributed by atoms with E-state index in [1.165, 1.54) is 6.42 Å². The lowest BCUT2D eigenvalue weighted by Gasteiger charge is -2.26. The molecule has 0 bridgehead atoms. The zero-order valence-electron chi connectivity index (χ0n) is 8.56. The highest BCUT2D eigenvalue weighted by molar-refractivity contribution is 5.46. The van der Waals surface area contributed by atoms with Gasteiger partial charge in [0.05, 0.1) is 6.07 Å². The van der Waals surface area contributed by atoms with Gasteiger partial charge in [0.1, 0.15) is 0 Å². The standard InChI is InChI=1S/C9H15N5O/c10-7-6-8(12-9(11)14(7)15)13-4-2-1-3-5-13/h6,15H,1-5H2,(H3,10,11,12)/p+1. The summed E-state index contributed by atoms with van der Waals surface area (Å²) in [4.78, 5) is 6.23. The summed E-state index contributed by atoms with van der Waals surface area (Å²) in [5.41, 5.74) is 11.1. The van der Waals surface area contributed by atoms with Crippen molar-refractivity contribution in [1.82, 2.24) is 4.98 Å². The first-order valence-corrected chi connectivity index (χ1v) is 5.11. The lowest BCUT2D eigenvalue weighted by atomic mass is 10.1. The van der Waals surface area contributed by atoms with Crippen molar-refractivity contribution >= 4 is 17.6 Å². The molecule has 0 unspecified atom stereocenters. The maximum Gasteiger partial charge on any atom is 0.383 e. The van der Waals surface area contributed by atoms with Crippen molar-refractivity contribution in [3.8, 4) is 0 Å². The maximum absolute atomic E-state index is 9.31. The fourth-order valence-corrected chi connectivity index (χ4v) is 1.81. The third-order valence-electron chi connectivity index (χ3n) is 2.65. The van der Waals surface area contributed by atoms with Gasteiger partial charge in [0.15, 0.2) is 5.82 Å². The molecule has 1 fully saturated rings. The van der Waals surface area contributed by atoms with E-state index in [4.69, 9.17) is 11.5 Å². The van der Waals surface area contributed by atoms with E-state index in [9.17, 15) is 5.21 Å². The molecule has 1 aliphatic rings. The van der Waals surface area contributed by atoms with Crippen molar-refractivity contribution in [1.29, 1.82) is 0 Å². The summed E-state index contributed by atoms with van der Waals surface area (Å²) in [7, 11) is 0. The minimum atomic E-state index is 0.0237. The van der Waals surface area contributed by atoms with Gasteiger partial charge in [-0.15, -0.1) is 0 Å². The van der Waals surface area contributed by atoms with Crippen LogP contribution in [0.2, 0.25) is 0 Å². The van der Waals surface area contributed by atoms with Crippen LogP contribution in [0.3, 0.4) is 0 Å². The number of hydrogen-bond acceptors (Lipinski definition) is 5. The van der Waals surface area contributed by atoms with Gasteiger partial charge in [0.2, 0.25) is 5.82 Å². The molecule has 0 amide bonds. The van der Waals surface area contributed by atoms with Gasteiger partial charge in [-0.1, -0.05) is 4.98 Å². The monoisotopic (exact) mass is 210 g/mol. The Balaban J connectivity index is 2.27. The van der Waals surface area contributed by atoms with Crippen LogP contribution in [-0.2, 0) is 0 Å². The Hall–Kier alpha value is -1.72. The zero-order chi connectivity index (χ0) is 10.8. The maximum atomic E-state index is 9.31. The van der Waals surface area contributed by atoms with Gasteiger partial charge in [-0.05, 0) is 24.0 Å². The third-order valence-corrected chi connectivity index (χ3v) is 2.65. The fourth-order valence-electron chi connectivity index (χ4n) is 1.81. The predicted octanol–water partition coefficient (Wildman–Crippen LogP) is -0.239. The number of aromatic nitrogens is 2. The first kappa shape index (κ1) is 9.82. The molecule has 6 nitrogen and oxygen atoms in total. The van der Waals surface area contributed by atoms with E-state index in [2.05, 4.69) is 9.88 Å². The number of nitrogens with zero attached hydrogens (tertiary/aromatic N) is 3. The summed E-state index contributed by atoms with van der Waals surface area (Å²) in [6.45, 7) is 1.95. The second kappa shape index (κ2) is 3.80. The molecule has 1 aromatic rings. The molecule has 0 atom stereocenters. The molecule has 5 N–H and O–H groups in total. The van der Waals surface area contributed by atoms with Crippen LogP contribution in [0.5, 0.6) is 0 Å². The van der Waals surface area contributed by atoms with Crippen molar-refractivity contribution in [3.63, 3.8) is 0 Å². The highest BCUT2D eigenvalue weighted by Crippen LogP contribution is 2.18. The van der Waals surface area contributed by atoms with E-state index in [0.29, 0.717) is 4.73 Å². The summed E-state index contributed by atoms with van der Waals surface area (Å²) in [6.07, 6.45) is 3.58. The van der Waals surface area contributed by atoms with Crippen LogP contribution in [0.15, 0.2) is 6.07 Å². The molecular weight excluding hydrogens is 194 g/mol. The van der Waals surface area contributed by atoms with Crippen LogP contribution in [0, 0.1) is 0 Å². The molecule has 0 saturated carbocycles. The number of nitrogens with two attached hydrogens (primary N) is 2. The Morgan fingerprint density at radius 2 is 1.93 bits per heavy atom. The van der Waals surface area contributed by atoms with Crippen LogP contribution < -0.4 is 21.1 Å². The Morgan fingerprint density at radius 1 is 1.27 bits per heavy atom. The van der Waals surface area contributed by atoms with Gasteiger partial charge in [-0.3, -0.25) is 0 Å². The smallest absolute Gasteiger partial charge is 0.382 e. The Labute approximate surface area is 88.1 Å². The molecule has 15 heavy (non-hydrogen) atoms. The fraction of sp³-hybridized carbons (Fsp3) is 0.556. The average Bonchev–Trinajstić information content (AvgIpc) is 2.26. The highest BCUT2D eigenvalue weighted by Gasteiger charge is 2.18. The van der Waals surface area contributed by atoms with E-state index in [1.807, 2.05) is 0 Å². The quantitative estimate of drug-likeness (QED) is 0.439. The SMILES string of the molecule is Nc1cc(N2CCCCC2)nc(N)[n+]1O. The summed E-state index contributed by atoms with van der Waals surface area (Å²) < 4.78 is 0.688. The molecule has 2 rings (SSSR count). The van der Waals surface area contributed by atoms with Crippen molar-refractivity contribution in [2.45, 2.75) is 19.3 Å². The first-order valence-electron chi connectivity index (χ1n) is 5.11. The van der Waals surface area contributed by atoms with E-state index in [0.717, 1.165) is 31.7 Å². The van der Waals surface area contributed by atoms with Crippen molar-refractivity contribution in [3.05, 3.63) is 6.07 Å². The summed E-state index contributed by atoms with van der Waals surface area (Å²) in [5, 5.41) is 9.31. The normalized spacial score (nSPS) is 16.7. The zero-order valence-corrected chi connectivity index (χ0v) is 8.56. The lowest BCUT2D eigenvalue weighted by molar-refractivity contribution is -0.883. The van der Waals surface area contributed by atoms with Crippen molar-refractivity contribution in [2.75, 3.05) is 29.5 Å². The van der Waals surface area contributed by atoms with Gasteiger partial charge < -0.3 is 21.6 Å². The molecule has 1 saturated heterocycles. The average molecular weight is 210 g/mol. The van der Waals surface area contributed by atoms with Crippen molar-refractivity contribution in [2.24, 2.45) is 0 Å². The Bertz CT molecular complexity index is 339. The number of piperidine rings is 1. The number of rotatable bonds is 1. The van der Waals surface area contributed by atoms with E-state index in [1.54, 1.807) is 6.07 Å². The minimum absolute atomic E-state index is 0.0237. The van der Waals surface area contributed by atoms with Crippen LogP contribution in [-0.4, -0.2) is 23.3 Å². The topological polar surface area (TPSA) is 92.3 Å². The number of nitrogen functional groups attached to an aromatic ring is 2. The number of hydrogen-bond donors (Lipinski definition) is 3. The van der Waals surface area contributed by atoms with Crippen LogP contribution in [0.4, 0.5) is 17.6 Å². The first-order chi connectivity index (χ1) is 7.18. The summed E-state index contributed by atoms with van der Waals surface area (Å²) in [5.74, 6) is 0.980. The predicted molar refractivity (Wildman–Crippen MR) is 56.5 cm³/mol. The van der Waals surface area contributed by atoms with Crippen LogP contribution in [0.25, 0.3) is 0 Å². The molecular formula is C9H16N5O+. The summed E-state index contributed by atoms with van der Waals surface area (Å²) >= 11 is 0. The van der Waals surface area contributed by atoms with E-state index in [-0.39, 0.29) is 11.8 Å². The highest BCUT2D eigenvalue weighted by atomic mass is 16.5. The molecule has 82 valence electrons. The molecule has 0 radical (unpaired) electrons. The lowest BCUT2D eigenvalue weighted by Crippen LogP contribution is -2.40. The molecule has 6 heteroatoms. The number of anilines is 3. The Kier molecular flexibility index (Phi) is 2.49. The van der Waals surface area contributed by atoms with Crippen LogP contribution in [0.1, 0.15) is 19.3 Å². The molecule has 0 spiro atoms. The van der Waals surface area contributed by atoms with Gasteiger partial charge >= 0.3 is 5.95 Å². The van der Waals surface area contributed by atoms with Gasteiger partial charge in [-0.25, -0.2) is 0 Å². The second-order valence-electron chi connectivity index (χ2n) is 3.76. The van der Waals surface area contributed by atoms with Gasteiger partial charge in [0, 0.05) is 13.1 Å². The van der Waals surface area contributed by atoms with E-state index < -0.39 is 0 Å². The molecule has 1 aliphatic heterocycles.